The summed E-state index contributed by atoms with van der Waals surface area (Å²) in [6.07, 6.45) is 37.2. The monoisotopic (exact) mass is 545 g/mol. The standard InChI is InChI=1S/C40H64/c1-33(2)19-13-23-37(7)27-17-31-39(9)29-15-25-35(5)21-11-12-22-36(6)26-16-30-40(10)32-18-28-38(8)24-14-20-34(3)4/h11-12,19-22,27-30H,13-18,23-26,31-32H2,1-10H3/b12-11-,35-21-,36-22-,37-27-,38-28-,39-29-,40-30-. The van der Waals surface area contributed by atoms with E-state index in [-0.39, 0.29) is 0 Å². The van der Waals surface area contributed by atoms with E-state index in [9.17, 15) is 0 Å². The van der Waals surface area contributed by atoms with E-state index in [0.29, 0.717) is 0 Å². The first kappa shape index (κ1) is 37.7. The minimum Gasteiger partial charge on any atom is -0.0856 e. The molecule has 0 N–H and O–H groups in total. The van der Waals surface area contributed by atoms with Gasteiger partial charge in [-0.1, -0.05) is 105 Å². The molecule has 0 heteroatoms. The largest absolute Gasteiger partial charge is 0.0856 e. The van der Waals surface area contributed by atoms with Crippen molar-refractivity contribution in [1.29, 1.82) is 0 Å². The molecule has 0 unspecified atom stereocenters. The summed E-state index contributed by atoms with van der Waals surface area (Å²) >= 11 is 0. The lowest BCUT2D eigenvalue weighted by Crippen LogP contribution is -1.82. The van der Waals surface area contributed by atoms with Crippen molar-refractivity contribution < 1.29 is 0 Å². The smallest absolute Gasteiger partial charge is 0.0285 e. The van der Waals surface area contributed by atoms with Gasteiger partial charge in [-0.05, 0) is 146 Å². The summed E-state index contributed by atoms with van der Waals surface area (Å²) in [5, 5.41) is 0. The molecule has 0 aliphatic heterocycles. The van der Waals surface area contributed by atoms with Crippen LogP contribution in [0, 0.1) is 0 Å². The highest BCUT2D eigenvalue weighted by Gasteiger charge is 1.95. The Morgan fingerprint density at radius 3 is 0.775 bits per heavy atom. The average molecular weight is 545 g/mol. The highest BCUT2D eigenvalue weighted by Crippen LogP contribution is 2.15. The van der Waals surface area contributed by atoms with E-state index in [1.807, 2.05) is 0 Å². The maximum absolute atomic E-state index is 2.43. The zero-order chi connectivity index (χ0) is 30.2. The van der Waals surface area contributed by atoms with Crippen LogP contribution in [-0.2, 0) is 0 Å². The van der Waals surface area contributed by atoms with Gasteiger partial charge >= 0.3 is 0 Å². The molecule has 0 spiro atoms. The SMILES string of the molecule is CC(C)=CCC/C(C)=C\CC/C(C)=C\CC\C(C)=C/C=C\C=C(\C)CC/C=C(/C)CC/C=C(/C)CCC=C(C)C. The third-order valence-corrected chi connectivity index (χ3v) is 7.18. The van der Waals surface area contributed by atoms with Gasteiger partial charge in [0.1, 0.15) is 0 Å². The molecule has 0 aromatic carbocycles. The minimum absolute atomic E-state index is 1.14. The van der Waals surface area contributed by atoms with E-state index in [1.54, 1.807) is 0 Å². The third-order valence-electron chi connectivity index (χ3n) is 7.18. The van der Waals surface area contributed by atoms with Crippen molar-refractivity contribution in [2.45, 2.75) is 146 Å². The maximum Gasteiger partial charge on any atom is -0.0285 e. The van der Waals surface area contributed by atoms with E-state index >= 15 is 0 Å². The van der Waals surface area contributed by atoms with Crippen LogP contribution in [0.5, 0.6) is 0 Å². The molecule has 0 rings (SSSR count). The summed E-state index contributed by atoms with van der Waals surface area (Å²) in [4.78, 5) is 0. The molecule has 0 bridgehead atoms. The van der Waals surface area contributed by atoms with Gasteiger partial charge in [-0.15, -0.1) is 0 Å². The Morgan fingerprint density at radius 2 is 0.525 bits per heavy atom. The average Bonchev–Trinajstić information content (AvgIpc) is 2.86. The van der Waals surface area contributed by atoms with Crippen molar-refractivity contribution in [2.24, 2.45) is 0 Å². The molecule has 0 radical (unpaired) electrons. The van der Waals surface area contributed by atoms with Gasteiger partial charge in [0.2, 0.25) is 0 Å². The number of hydrogen-bond acceptors (Lipinski definition) is 0. The van der Waals surface area contributed by atoms with E-state index in [1.165, 1.54) is 83.1 Å². The molecule has 0 nitrogen and oxygen atoms in total. The summed E-state index contributed by atoms with van der Waals surface area (Å²) in [6, 6.07) is 0. The van der Waals surface area contributed by atoms with E-state index < -0.39 is 0 Å². The Bertz CT molecular complexity index is 887. The predicted octanol–water partition coefficient (Wildman–Crippen LogP) is 13.8. The highest BCUT2D eigenvalue weighted by atomic mass is 14.0. The summed E-state index contributed by atoms with van der Waals surface area (Å²) in [5.41, 5.74) is 11.8. The van der Waals surface area contributed by atoms with Crippen LogP contribution in [0.25, 0.3) is 0 Å². The lowest BCUT2D eigenvalue weighted by atomic mass is 10.0. The molecule has 40 heavy (non-hydrogen) atoms. The fourth-order valence-electron chi connectivity index (χ4n) is 4.38. The summed E-state index contributed by atoms with van der Waals surface area (Å²) in [7, 11) is 0. The lowest BCUT2D eigenvalue weighted by molar-refractivity contribution is 0.900. The zero-order valence-corrected chi connectivity index (χ0v) is 28.3. The molecule has 224 valence electrons. The molecule has 0 aromatic rings. The van der Waals surface area contributed by atoms with Crippen LogP contribution in [-0.4, -0.2) is 0 Å². The van der Waals surface area contributed by atoms with Gasteiger partial charge in [0.05, 0.1) is 0 Å². The molecule has 0 amide bonds. The molecule has 0 aliphatic rings. The first-order valence-electron chi connectivity index (χ1n) is 15.9. The van der Waals surface area contributed by atoms with Gasteiger partial charge in [-0.3, -0.25) is 0 Å². The predicted molar refractivity (Wildman–Crippen MR) is 186 cm³/mol. The quantitative estimate of drug-likeness (QED) is 0.106. The molecule has 0 aliphatic carbocycles. The fraction of sp³-hybridized carbons (Fsp3) is 0.550. The Hall–Kier alpha value is -2.34. The van der Waals surface area contributed by atoms with Crippen LogP contribution in [0.4, 0.5) is 0 Å². The van der Waals surface area contributed by atoms with Crippen molar-refractivity contribution in [3.63, 3.8) is 0 Å². The van der Waals surface area contributed by atoms with Crippen molar-refractivity contribution in [3.05, 3.63) is 105 Å². The summed E-state index contributed by atoms with van der Waals surface area (Å²) < 4.78 is 0. The van der Waals surface area contributed by atoms with Crippen LogP contribution in [0.15, 0.2) is 105 Å². The normalized spacial score (nSPS) is 14.2. The number of rotatable bonds is 20. The Morgan fingerprint density at radius 1 is 0.300 bits per heavy atom. The van der Waals surface area contributed by atoms with Gasteiger partial charge in [0.15, 0.2) is 0 Å². The molecule has 0 heterocycles. The van der Waals surface area contributed by atoms with E-state index in [2.05, 4.69) is 130 Å². The van der Waals surface area contributed by atoms with Crippen LogP contribution >= 0.6 is 0 Å². The first-order valence-corrected chi connectivity index (χ1v) is 15.9. The molecule has 0 atom stereocenters. The second-order valence-corrected chi connectivity index (χ2v) is 12.4. The highest BCUT2D eigenvalue weighted by molar-refractivity contribution is 5.19. The number of allylic oxidation sites excluding steroid dienone is 18. The van der Waals surface area contributed by atoms with Gasteiger partial charge in [0, 0.05) is 0 Å². The number of hydrogen-bond donors (Lipinski definition) is 0. The van der Waals surface area contributed by atoms with Crippen molar-refractivity contribution in [3.8, 4) is 0 Å². The molecular weight excluding hydrogens is 480 g/mol. The van der Waals surface area contributed by atoms with Crippen molar-refractivity contribution >= 4 is 0 Å². The molecule has 0 saturated carbocycles. The molecule has 0 fully saturated rings. The summed E-state index contributed by atoms with van der Waals surface area (Å²) in [5.74, 6) is 0. The molecular formula is C40H64. The van der Waals surface area contributed by atoms with Crippen molar-refractivity contribution in [1.82, 2.24) is 0 Å². The lowest BCUT2D eigenvalue weighted by Gasteiger charge is -2.02. The summed E-state index contributed by atoms with van der Waals surface area (Å²) in [6.45, 7) is 22.3. The minimum atomic E-state index is 1.14. The Balaban J connectivity index is 4.27. The van der Waals surface area contributed by atoms with Crippen LogP contribution in [0.2, 0.25) is 0 Å². The van der Waals surface area contributed by atoms with E-state index in [4.69, 9.17) is 0 Å². The first-order chi connectivity index (χ1) is 19.0. The second kappa shape index (κ2) is 24.5. The van der Waals surface area contributed by atoms with Gasteiger partial charge < -0.3 is 0 Å². The maximum atomic E-state index is 2.43. The Kier molecular flexibility index (Phi) is 23.0. The van der Waals surface area contributed by atoms with Crippen LogP contribution < -0.4 is 0 Å². The topological polar surface area (TPSA) is 0 Å². The van der Waals surface area contributed by atoms with Crippen LogP contribution in [0.1, 0.15) is 146 Å². The molecule has 0 saturated heterocycles. The third kappa shape index (κ3) is 25.9. The van der Waals surface area contributed by atoms with Crippen LogP contribution in [0.3, 0.4) is 0 Å². The van der Waals surface area contributed by atoms with Gasteiger partial charge in [-0.2, -0.15) is 0 Å². The zero-order valence-electron chi connectivity index (χ0n) is 28.3. The van der Waals surface area contributed by atoms with Gasteiger partial charge in [0.25, 0.3) is 0 Å². The fourth-order valence-corrected chi connectivity index (χ4v) is 4.38. The second-order valence-electron chi connectivity index (χ2n) is 12.4. The van der Waals surface area contributed by atoms with Gasteiger partial charge in [-0.25, -0.2) is 0 Å². The van der Waals surface area contributed by atoms with Crippen molar-refractivity contribution in [2.75, 3.05) is 0 Å². The molecule has 0 aromatic heterocycles. The Labute approximate surface area is 251 Å². The van der Waals surface area contributed by atoms with E-state index in [0.717, 1.165) is 38.5 Å².